The van der Waals surface area contributed by atoms with Crippen LogP contribution in [0, 0.1) is 13.8 Å². The van der Waals surface area contributed by atoms with Crippen LogP contribution in [0.4, 0.5) is 0 Å². The zero-order valence-corrected chi connectivity index (χ0v) is 16.1. The highest BCUT2D eigenvalue weighted by molar-refractivity contribution is 5.44. The van der Waals surface area contributed by atoms with Crippen LogP contribution in [0.15, 0.2) is 42.5 Å². The van der Waals surface area contributed by atoms with Gasteiger partial charge in [-0.1, -0.05) is 42.0 Å². The number of tetrazole rings is 1. The molecule has 0 saturated carbocycles. The lowest BCUT2D eigenvalue weighted by Crippen LogP contribution is -2.49. The van der Waals surface area contributed by atoms with E-state index in [0.717, 1.165) is 17.9 Å². The highest BCUT2D eigenvalue weighted by Gasteiger charge is 2.40. The number of likely N-dealkylation sites (N-methyl/N-ethyl adjacent to an activating group) is 1. The Morgan fingerprint density at radius 1 is 1.08 bits per heavy atom. The molecule has 1 aliphatic rings. The Kier molecular flexibility index (Phi) is 3.92. The molecular weight excluding hydrogens is 322 g/mol. The van der Waals surface area contributed by atoms with Crippen LogP contribution < -0.4 is 0 Å². The zero-order chi connectivity index (χ0) is 18.5. The van der Waals surface area contributed by atoms with Crippen LogP contribution in [-0.4, -0.2) is 37.7 Å². The van der Waals surface area contributed by atoms with Gasteiger partial charge >= 0.3 is 0 Å². The molecule has 0 unspecified atom stereocenters. The van der Waals surface area contributed by atoms with Crippen molar-refractivity contribution in [1.29, 1.82) is 0 Å². The maximum atomic E-state index is 4.45. The van der Waals surface area contributed by atoms with Crippen molar-refractivity contribution < 1.29 is 0 Å². The predicted octanol–water partition coefficient (Wildman–Crippen LogP) is 3.64. The summed E-state index contributed by atoms with van der Waals surface area (Å²) in [6.45, 7) is 8.77. The molecule has 0 radical (unpaired) electrons. The van der Waals surface area contributed by atoms with Crippen molar-refractivity contribution in [2.45, 2.75) is 45.7 Å². The average molecular weight is 347 g/mol. The Hall–Kier alpha value is -2.53. The van der Waals surface area contributed by atoms with Gasteiger partial charge in [-0.05, 0) is 74.3 Å². The summed E-state index contributed by atoms with van der Waals surface area (Å²) >= 11 is 0. The molecule has 1 aliphatic heterocycles. The fourth-order valence-corrected chi connectivity index (χ4v) is 4.00. The van der Waals surface area contributed by atoms with Crippen molar-refractivity contribution in [3.63, 3.8) is 0 Å². The summed E-state index contributed by atoms with van der Waals surface area (Å²) in [6, 6.07) is 15.0. The van der Waals surface area contributed by atoms with Gasteiger partial charge in [0.25, 0.3) is 0 Å². The van der Waals surface area contributed by atoms with E-state index in [2.05, 4.69) is 97.6 Å². The van der Waals surface area contributed by atoms with E-state index in [1.807, 2.05) is 4.68 Å². The Morgan fingerprint density at radius 3 is 2.62 bits per heavy atom. The van der Waals surface area contributed by atoms with Crippen LogP contribution in [0.2, 0.25) is 0 Å². The minimum Gasteiger partial charge on any atom is -0.287 e. The summed E-state index contributed by atoms with van der Waals surface area (Å²) in [6.07, 6.45) is 1.02. The quantitative estimate of drug-likeness (QED) is 0.710. The fraction of sp³-hybridized carbons (Fsp3) is 0.381. The molecule has 3 aromatic rings. The zero-order valence-electron chi connectivity index (χ0n) is 16.1. The molecule has 5 nitrogen and oxygen atoms in total. The summed E-state index contributed by atoms with van der Waals surface area (Å²) < 4.78 is 1.90. The molecule has 2 heterocycles. The van der Waals surface area contributed by atoms with Gasteiger partial charge in [0.1, 0.15) is 0 Å². The highest BCUT2D eigenvalue weighted by Crippen LogP contribution is 2.40. The van der Waals surface area contributed by atoms with Gasteiger partial charge in [0.15, 0.2) is 5.82 Å². The largest absolute Gasteiger partial charge is 0.287 e. The SMILES string of the molecule is Cc1ccc(-n2nnnc2[C@@H]2c3ccccc3CC(C)(C)N2C)c(C)c1. The van der Waals surface area contributed by atoms with E-state index < -0.39 is 0 Å². The van der Waals surface area contributed by atoms with Crippen molar-refractivity contribution in [3.8, 4) is 5.69 Å². The normalized spacial score (nSPS) is 19.3. The van der Waals surface area contributed by atoms with E-state index in [1.54, 1.807) is 0 Å². The Bertz CT molecular complexity index is 957. The fourth-order valence-electron chi connectivity index (χ4n) is 4.00. The molecule has 5 heteroatoms. The minimum atomic E-state index is 0.0191. The number of hydrogen-bond donors (Lipinski definition) is 0. The number of aromatic nitrogens is 4. The molecule has 2 aromatic carbocycles. The van der Waals surface area contributed by atoms with Crippen LogP contribution in [-0.2, 0) is 6.42 Å². The third-order valence-corrected chi connectivity index (χ3v) is 5.63. The Morgan fingerprint density at radius 2 is 1.85 bits per heavy atom. The van der Waals surface area contributed by atoms with Crippen molar-refractivity contribution >= 4 is 0 Å². The molecular formula is C21H25N5. The number of rotatable bonds is 2. The van der Waals surface area contributed by atoms with E-state index in [1.165, 1.54) is 22.3 Å². The average Bonchev–Trinajstić information content (AvgIpc) is 3.04. The molecule has 1 atom stereocenters. The topological polar surface area (TPSA) is 46.8 Å². The van der Waals surface area contributed by atoms with Crippen molar-refractivity contribution in [1.82, 2.24) is 25.1 Å². The lowest BCUT2D eigenvalue weighted by molar-refractivity contribution is 0.0993. The molecule has 0 N–H and O–H groups in total. The summed E-state index contributed by atoms with van der Waals surface area (Å²) in [5, 5.41) is 12.8. The van der Waals surface area contributed by atoms with E-state index in [9.17, 15) is 0 Å². The molecule has 1 aromatic heterocycles. The first kappa shape index (κ1) is 16.9. The first-order valence-electron chi connectivity index (χ1n) is 9.05. The van der Waals surface area contributed by atoms with E-state index in [4.69, 9.17) is 0 Å². The summed E-state index contributed by atoms with van der Waals surface area (Å²) in [7, 11) is 2.17. The van der Waals surface area contributed by atoms with Gasteiger partial charge in [0.05, 0.1) is 11.7 Å². The van der Waals surface area contributed by atoms with Gasteiger partial charge in [-0.25, -0.2) is 0 Å². The maximum absolute atomic E-state index is 4.45. The molecule has 134 valence electrons. The third-order valence-electron chi connectivity index (χ3n) is 5.63. The number of nitrogens with zero attached hydrogens (tertiary/aromatic N) is 5. The molecule has 4 rings (SSSR count). The van der Waals surface area contributed by atoms with Crippen LogP contribution in [0.25, 0.3) is 5.69 Å². The summed E-state index contributed by atoms with van der Waals surface area (Å²) in [5.41, 5.74) is 6.13. The smallest absolute Gasteiger partial charge is 0.178 e. The second kappa shape index (κ2) is 6.02. The van der Waals surface area contributed by atoms with E-state index in [-0.39, 0.29) is 11.6 Å². The minimum absolute atomic E-state index is 0.0191. The van der Waals surface area contributed by atoms with Crippen LogP contribution in [0.1, 0.15) is 48.0 Å². The predicted molar refractivity (Wildman–Crippen MR) is 102 cm³/mol. The molecule has 0 aliphatic carbocycles. The van der Waals surface area contributed by atoms with Crippen molar-refractivity contribution in [2.75, 3.05) is 7.05 Å². The molecule has 0 spiro atoms. The van der Waals surface area contributed by atoms with Gasteiger partial charge in [0, 0.05) is 5.54 Å². The van der Waals surface area contributed by atoms with Crippen LogP contribution in [0.3, 0.4) is 0 Å². The number of benzene rings is 2. The summed E-state index contributed by atoms with van der Waals surface area (Å²) in [5.74, 6) is 0.861. The molecule has 0 fully saturated rings. The van der Waals surface area contributed by atoms with Crippen LogP contribution in [0.5, 0.6) is 0 Å². The monoisotopic (exact) mass is 347 g/mol. The first-order valence-corrected chi connectivity index (χ1v) is 9.05. The molecule has 0 bridgehead atoms. The molecule has 0 saturated heterocycles. The van der Waals surface area contributed by atoms with Crippen LogP contribution >= 0.6 is 0 Å². The number of hydrogen-bond acceptors (Lipinski definition) is 4. The highest BCUT2D eigenvalue weighted by atomic mass is 15.6. The first-order chi connectivity index (χ1) is 12.4. The number of fused-ring (bicyclic) bond motifs is 1. The van der Waals surface area contributed by atoms with E-state index in [0.29, 0.717) is 0 Å². The standard InChI is InChI=1S/C21H25N5/c1-14-10-11-18(15(2)12-14)26-20(22-23-24-26)19-17-9-7-6-8-16(17)13-21(3,4)25(19)5/h6-12,19H,13H2,1-5H3/t19-/m0/s1. The van der Waals surface area contributed by atoms with Gasteiger partial charge in [-0.3, -0.25) is 4.90 Å². The Balaban J connectivity index is 1.90. The number of aryl methyl sites for hydroxylation is 2. The van der Waals surface area contributed by atoms with Gasteiger partial charge < -0.3 is 0 Å². The molecule has 26 heavy (non-hydrogen) atoms. The summed E-state index contributed by atoms with van der Waals surface area (Å²) in [4.78, 5) is 2.39. The lowest BCUT2D eigenvalue weighted by atomic mass is 9.81. The maximum Gasteiger partial charge on any atom is 0.178 e. The van der Waals surface area contributed by atoms with Crippen molar-refractivity contribution in [2.24, 2.45) is 0 Å². The Labute approximate surface area is 154 Å². The third kappa shape index (κ3) is 2.63. The van der Waals surface area contributed by atoms with Gasteiger partial charge in [-0.15, -0.1) is 5.10 Å². The lowest BCUT2D eigenvalue weighted by Gasteiger charge is -2.45. The molecule has 0 amide bonds. The van der Waals surface area contributed by atoms with Gasteiger partial charge in [0.2, 0.25) is 0 Å². The second-order valence-electron chi connectivity index (χ2n) is 7.94. The van der Waals surface area contributed by atoms with Gasteiger partial charge in [-0.2, -0.15) is 4.68 Å². The van der Waals surface area contributed by atoms with Crippen molar-refractivity contribution in [3.05, 3.63) is 70.5 Å². The van der Waals surface area contributed by atoms with E-state index >= 15 is 0 Å². The second-order valence-corrected chi connectivity index (χ2v) is 7.94.